The predicted octanol–water partition coefficient (Wildman–Crippen LogP) is 4.18. The van der Waals surface area contributed by atoms with Gasteiger partial charge in [-0.2, -0.15) is 0 Å². The molecule has 2 N–H and O–H groups in total. The minimum Gasteiger partial charge on any atom is -0.325 e. The number of thioether (sulfide) groups is 1. The van der Waals surface area contributed by atoms with E-state index in [0.29, 0.717) is 16.5 Å². The van der Waals surface area contributed by atoms with E-state index in [1.54, 1.807) is 16.7 Å². The number of nitrogens with zero attached hydrogens (tertiary/aromatic N) is 2. The number of hydrogen-bond acceptors (Lipinski definition) is 3. The summed E-state index contributed by atoms with van der Waals surface area (Å²) in [6.45, 7) is 0.174. The van der Waals surface area contributed by atoms with Crippen molar-refractivity contribution >= 4 is 11.8 Å². The molecule has 25 heavy (non-hydrogen) atoms. The second-order valence-electron chi connectivity index (χ2n) is 5.16. The van der Waals surface area contributed by atoms with E-state index in [-0.39, 0.29) is 17.9 Å². The van der Waals surface area contributed by atoms with Gasteiger partial charge in [-0.05, 0) is 36.4 Å². The molecule has 0 bridgehead atoms. The maximum absolute atomic E-state index is 13.8. The van der Waals surface area contributed by atoms with Gasteiger partial charge in [0.2, 0.25) is 0 Å². The molecule has 0 aliphatic rings. The highest BCUT2D eigenvalue weighted by molar-refractivity contribution is 7.98. The van der Waals surface area contributed by atoms with Crippen LogP contribution in [0.1, 0.15) is 11.3 Å². The molecule has 0 saturated heterocycles. The first-order chi connectivity index (χ1) is 12.0. The van der Waals surface area contributed by atoms with Gasteiger partial charge in [-0.1, -0.05) is 11.8 Å². The molecule has 0 atom stereocenters. The van der Waals surface area contributed by atoms with Crippen molar-refractivity contribution in [1.29, 1.82) is 0 Å². The fourth-order valence-electron chi connectivity index (χ4n) is 2.32. The van der Waals surface area contributed by atoms with Gasteiger partial charge in [0, 0.05) is 23.5 Å². The summed E-state index contributed by atoms with van der Waals surface area (Å²) >= 11 is 1.03. The van der Waals surface area contributed by atoms with E-state index < -0.39 is 23.3 Å². The van der Waals surface area contributed by atoms with Crippen LogP contribution >= 0.6 is 11.8 Å². The van der Waals surface area contributed by atoms with E-state index in [1.165, 1.54) is 18.3 Å². The summed E-state index contributed by atoms with van der Waals surface area (Å²) in [6.07, 6.45) is 1.53. The van der Waals surface area contributed by atoms with E-state index in [0.717, 1.165) is 23.9 Å². The lowest BCUT2D eigenvalue weighted by molar-refractivity contribution is 0.485. The molecular weight excluding hydrogens is 354 g/mol. The summed E-state index contributed by atoms with van der Waals surface area (Å²) in [5.41, 5.74) is 6.59. The monoisotopic (exact) mass is 367 g/mol. The molecule has 1 heterocycles. The second-order valence-corrected chi connectivity index (χ2v) is 6.10. The van der Waals surface area contributed by atoms with Crippen LogP contribution in [0.3, 0.4) is 0 Å². The van der Waals surface area contributed by atoms with Crippen molar-refractivity contribution in [3.63, 3.8) is 0 Å². The molecule has 0 aliphatic heterocycles. The Bertz CT molecular complexity index is 894. The van der Waals surface area contributed by atoms with Crippen molar-refractivity contribution < 1.29 is 17.6 Å². The maximum atomic E-state index is 13.8. The molecule has 8 heteroatoms. The molecule has 3 aromatic rings. The lowest BCUT2D eigenvalue weighted by Crippen LogP contribution is -2.07. The van der Waals surface area contributed by atoms with Gasteiger partial charge in [-0.3, -0.25) is 4.57 Å². The van der Waals surface area contributed by atoms with E-state index >= 15 is 0 Å². The molecule has 1 aromatic heterocycles. The first-order valence-electron chi connectivity index (χ1n) is 7.29. The van der Waals surface area contributed by atoms with Crippen molar-refractivity contribution in [1.82, 2.24) is 9.55 Å². The van der Waals surface area contributed by atoms with E-state index in [1.807, 2.05) is 0 Å². The molecule has 0 saturated carbocycles. The van der Waals surface area contributed by atoms with Gasteiger partial charge in [-0.15, -0.1) is 0 Å². The quantitative estimate of drug-likeness (QED) is 0.418. The highest BCUT2D eigenvalue weighted by Crippen LogP contribution is 2.29. The number of benzene rings is 2. The van der Waals surface area contributed by atoms with Crippen LogP contribution in [0.25, 0.3) is 5.69 Å². The van der Waals surface area contributed by atoms with Crippen molar-refractivity contribution in [3.8, 4) is 5.69 Å². The molecular formula is C17H13F4N3S. The van der Waals surface area contributed by atoms with Gasteiger partial charge in [0.1, 0.15) is 11.6 Å². The largest absolute Gasteiger partial charge is 0.325 e. The molecule has 3 nitrogen and oxygen atoms in total. The lowest BCUT2D eigenvalue weighted by Gasteiger charge is -2.11. The molecule has 0 amide bonds. The number of hydrogen-bond donors (Lipinski definition) is 1. The fraction of sp³-hybridized carbons (Fsp3) is 0.118. The zero-order valence-corrected chi connectivity index (χ0v) is 13.7. The Morgan fingerprint density at radius 2 is 1.64 bits per heavy atom. The van der Waals surface area contributed by atoms with E-state index in [2.05, 4.69) is 4.98 Å². The van der Waals surface area contributed by atoms with Crippen molar-refractivity contribution in [2.45, 2.75) is 17.5 Å². The average molecular weight is 367 g/mol. The summed E-state index contributed by atoms with van der Waals surface area (Å²) in [7, 11) is 0. The third-order valence-electron chi connectivity index (χ3n) is 3.58. The fourth-order valence-corrected chi connectivity index (χ4v) is 3.34. The van der Waals surface area contributed by atoms with Crippen LogP contribution in [-0.4, -0.2) is 9.55 Å². The van der Waals surface area contributed by atoms with E-state index in [4.69, 9.17) is 5.73 Å². The normalized spacial score (nSPS) is 11.1. The zero-order chi connectivity index (χ0) is 18.0. The number of aromatic nitrogens is 2. The Kier molecular flexibility index (Phi) is 5.10. The van der Waals surface area contributed by atoms with Crippen LogP contribution in [0.2, 0.25) is 0 Å². The molecule has 0 unspecified atom stereocenters. The van der Waals surface area contributed by atoms with E-state index in [9.17, 15) is 17.6 Å². The minimum absolute atomic E-state index is 0.155. The van der Waals surface area contributed by atoms with Crippen LogP contribution in [-0.2, 0) is 12.3 Å². The smallest absolute Gasteiger partial charge is 0.173 e. The van der Waals surface area contributed by atoms with Crippen LogP contribution in [0.4, 0.5) is 17.6 Å². The lowest BCUT2D eigenvalue weighted by atomic mass is 10.2. The van der Waals surface area contributed by atoms with Crippen molar-refractivity contribution in [2.24, 2.45) is 5.73 Å². The van der Waals surface area contributed by atoms with Crippen LogP contribution in [0.15, 0.2) is 47.8 Å². The highest BCUT2D eigenvalue weighted by atomic mass is 32.2. The molecule has 2 aromatic carbocycles. The summed E-state index contributed by atoms with van der Waals surface area (Å²) < 4.78 is 55.7. The Hall–Kier alpha value is -2.32. The molecule has 0 aliphatic carbocycles. The maximum Gasteiger partial charge on any atom is 0.173 e. The van der Waals surface area contributed by atoms with Crippen molar-refractivity contribution in [3.05, 3.63) is 77.1 Å². The van der Waals surface area contributed by atoms with Crippen molar-refractivity contribution in [2.75, 3.05) is 0 Å². The molecule has 130 valence electrons. The third kappa shape index (κ3) is 3.54. The third-order valence-corrected chi connectivity index (χ3v) is 4.56. The number of halogens is 4. The summed E-state index contributed by atoms with van der Waals surface area (Å²) in [5.74, 6) is -3.70. The minimum atomic E-state index is -1.22. The predicted molar refractivity (Wildman–Crippen MR) is 87.3 cm³/mol. The van der Waals surface area contributed by atoms with Crippen LogP contribution < -0.4 is 5.73 Å². The highest BCUT2D eigenvalue weighted by Gasteiger charge is 2.17. The molecule has 0 spiro atoms. The number of nitrogens with two attached hydrogens (primary N) is 1. The standard InChI is InChI=1S/C17H13F4N3S/c18-10-1-3-11(4-2-10)24-12(7-22)8-23-17(24)25-9-13-14(19)5-6-15(20)16(13)21/h1-6,8H,7,9,22H2. The molecule has 0 fully saturated rings. The topological polar surface area (TPSA) is 43.8 Å². The summed E-state index contributed by atoms with van der Waals surface area (Å²) in [6, 6.07) is 7.29. The number of rotatable bonds is 5. The first kappa shape index (κ1) is 17.5. The second kappa shape index (κ2) is 7.28. The van der Waals surface area contributed by atoms with Gasteiger partial charge in [0.15, 0.2) is 16.8 Å². The Balaban J connectivity index is 1.93. The molecule has 0 radical (unpaired) electrons. The van der Waals surface area contributed by atoms with Gasteiger partial charge >= 0.3 is 0 Å². The van der Waals surface area contributed by atoms with Crippen LogP contribution in [0, 0.1) is 23.3 Å². The van der Waals surface area contributed by atoms with Gasteiger partial charge in [0.05, 0.1) is 11.9 Å². The van der Waals surface area contributed by atoms with Crippen LogP contribution in [0.5, 0.6) is 0 Å². The molecule has 3 rings (SSSR count). The summed E-state index contributed by atoms with van der Waals surface area (Å²) in [5, 5.41) is 0.412. The first-order valence-corrected chi connectivity index (χ1v) is 8.27. The SMILES string of the molecule is NCc1cnc(SCc2c(F)ccc(F)c2F)n1-c1ccc(F)cc1. The Labute approximate surface area is 145 Å². The van der Waals surface area contributed by atoms with Gasteiger partial charge < -0.3 is 5.73 Å². The van der Waals surface area contributed by atoms with Gasteiger partial charge in [0.25, 0.3) is 0 Å². The Morgan fingerprint density at radius 1 is 0.960 bits per heavy atom. The summed E-state index contributed by atoms with van der Waals surface area (Å²) in [4.78, 5) is 4.20. The van der Waals surface area contributed by atoms with Gasteiger partial charge in [-0.25, -0.2) is 22.5 Å². The average Bonchev–Trinajstić information content (AvgIpc) is 3.02. The number of imidazole rings is 1. The zero-order valence-electron chi connectivity index (χ0n) is 12.8. The Morgan fingerprint density at radius 3 is 2.32 bits per heavy atom.